The molecule has 0 saturated carbocycles. The second-order valence-electron chi connectivity index (χ2n) is 4.47. The van der Waals surface area contributed by atoms with Crippen LogP contribution in [0.2, 0.25) is 0 Å². The van der Waals surface area contributed by atoms with E-state index in [-0.39, 0.29) is 29.7 Å². The van der Waals surface area contributed by atoms with Gasteiger partial charge in [0.05, 0.1) is 11.5 Å². The molecule has 0 unspecified atom stereocenters. The molecule has 0 aliphatic carbocycles. The first-order valence-electron chi connectivity index (χ1n) is 5.68. The summed E-state index contributed by atoms with van der Waals surface area (Å²) in [7, 11) is -2.86. The predicted octanol–water partition coefficient (Wildman–Crippen LogP) is 0.0640. The summed E-state index contributed by atoms with van der Waals surface area (Å²) in [4.78, 5) is 14.4. The predicted molar refractivity (Wildman–Crippen MR) is 60.7 cm³/mol. The summed E-state index contributed by atoms with van der Waals surface area (Å²) in [6.07, 6.45) is 1.45. The summed E-state index contributed by atoms with van der Waals surface area (Å²) in [5.74, 6) is 0.149. The summed E-state index contributed by atoms with van der Waals surface area (Å²) >= 11 is 0. The number of hydrogen-bond donors (Lipinski definition) is 1. The molecule has 8 heteroatoms. The fourth-order valence-corrected chi connectivity index (χ4v) is 3.56. The van der Waals surface area contributed by atoms with E-state index in [4.69, 9.17) is 9.63 Å². The molecule has 0 atom stereocenters. The Hall–Kier alpha value is -1.44. The van der Waals surface area contributed by atoms with E-state index in [9.17, 15) is 13.2 Å². The first-order chi connectivity index (χ1) is 8.44. The van der Waals surface area contributed by atoms with Crippen LogP contribution in [0.4, 0.5) is 0 Å². The Kier molecular flexibility index (Phi) is 3.65. The van der Waals surface area contributed by atoms with E-state index in [1.165, 1.54) is 0 Å². The lowest BCUT2D eigenvalue weighted by molar-refractivity contribution is -0.136. The monoisotopic (exact) mass is 274 g/mol. The van der Waals surface area contributed by atoms with E-state index in [0.717, 1.165) is 0 Å². The van der Waals surface area contributed by atoms with Crippen molar-refractivity contribution in [1.29, 1.82) is 0 Å². The molecule has 0 amide bonds. The molecule has 1 aromatic heterocycles. The second-order valence-corrected chi connectivity index (χ2v) is 6.78. The van der Waals surface area contributed by atoms with Crippen LogP contribution in [0.15, 0.2) is 4.52 Å². The number of nitrogens with zero attached hydrogens (tertiary/aromatic N) is 2. The standard InChI is InChI=1S/C10H14N2O5S/c13-10(14)6-8-11-9(17-12-8)5-7-1-3-18(15,16)4-2-7/h7H,1-6H2,(H,13,14). The lowest BCUT2D eigenvalue weighted by Crippen LogP contribution is -2.24. The number of rotatable bonds is 4. The Bertz CT molecular complexity index is 522. The van der Waals surface area contributed by atoms with Gasteiger partial charge in [-0.3, -0.25) is 4.79 Å². The van der Waals surface area contributed by atoms with Crippen molar-refractivity contribution in [3.8, 4) is 0 Å². The largest absolute Gasteiger partial charge is 0.481 e. The van der Waals surface area contributed by atoms with E-state index in [2.05, 4.69) is 10.1 Å². The van der Waals surface area contributed by atoms with Gasteiger partial charge in [-0.1, -0.05) is 5.16 Å². The minimum absolute atomic E-state index is 0.154. The summed E-state index contributed by atoms with van der Waals surface area (Å²) in [5.41, 5.74) is 0. The Morgan fingerprint density at radius 2 is 2.06 bits per heavy atom. The Morgan fingerprint density at radius 3 is 2.67 bits per heavy atom. The van der Waals surface area contributed by atoms with E-state index >= 15 is 0 Å². The average Bonchev–Trinajstić information content (AvgIpc) is 2.68. The molecule has 2 rings (SSSR count). The van der Waals surface area contributed by atoms with Crippen LogP contribution in [0, 0.1) is 5.92 Å². The highest BCUT2D eigenvalue weighted by Gasteiger charge is 2.25. The smallest absolute Gasteiger partial charge is 0.311 e. The lowest BCUT2D eigenvalue weighted by atomic mass is 9.99. The molecule has 7 nitrogen and oxygen atoms in total. The van der Waals surface area contributed by atoms with Crippen LogP contribution in [0.5, 0.6) is 0 Å². The van der Waals surface area contributed by atoms with Gasteiger partial charge in [-0.25, -0.2) is 8.42 Å². The SMILES string of the molecule is O=C(O)Cc1noc(CC2CCS(=O)(=O)CC2)n1. The quantitative estimate of drug-likeness (QED) is 0.826. The molecule has 100 valence electrons. The summed E-state index contributed by atoms with van der Waals surface area (Å²) in [5, 5.41) is 12.1. The topological polar surface area (TPSA) is 110 Å². The van der Waals surface area contributed by atoms with Crippen LogP contribution < -0.4 is 0 Å². The number of carboxylic acids is 1. The summed E-state index contributed by atoms with van der Waals surface area (Å²) < 4.78 is 27.5. The van der Waals surface area contributed by atoms with Gasteiger partial charge in [-0.15, -0.1) is 0 Å². The molecule has 18 heavy (non-hydrogen) atoms. The van der Waals surface area contributed by atoms with Gasteiger partial charge in [0.1, 0.15) is 16.3 Å². The van der Waals surface area contributed by atoms with E-state index in [1.807, 2.05) is 0 Å². The van der Waals surface area contributed by atoms with Gasteiger partial charge in [0.25, 0.3) is 0 Å². The highest BCUT2D eigenvalue weighted by Crippen LogP contribution is 2.22. The van der Waals surface area contributed by atoms with Crippen molar-refractivity contribution in [3.05, 3.63) is 11.7 Å². The normalized spacial score (nSPS) is 19.8. The Balaban J connectivity index is 1.90. The molecule has 1 aliphatic heterocycles. The third-order valence-corrected chi connectivity index (χ3v) is 4.67. The number of carbonyl (C=O) groups is 1. The van der Waals surface area contributed by atoms with E-state index < -0.39 is 15.8 Å². The van der Waals surface area contributed by atoms with Crippen LogP contribution in [-0.4, -0.2) is 41.1 Å². The zero-order valence-corrected chi connectivity index (χ0v) is 10.5. The van der Waals surface area contributed by atoms with Crippen LogP contribution in [0.1, 0.15) is 24.6 Å². The first kappa shape index (κ1) is 13.0. The summed E-state index contributed by atoms with van der Waals surface area (Å²) in [6.45, 7) is 0. The maximum absolute atomic E-state index is 11.3. The molecule has 0 aromatic carbocycles. The van der Waals surface area contributed by atoms with E-state index in [0.29, 0.717) is 25.2 Å². The molecule has 1 fully saturated rings. The second kappa shape index (κ2) is 5.05. The van der Waals surface area contributed by atoms with Crippen molar-refractivity contribution in [1.82, 2.24) is 10.1 Å². The third-order valence-electron chi connectivity index (χ3n) is 2.96. The molecule has 1 aliphatic rings. The zero-order valence-electron chi connectivity index (χ0n) is 9.70. The number of carboxylic acid groups (broad SMARTS) is 1. The minimum atomic E-state index is -2.86. The average molecular weight is 274 g/mol. The van der Waals surface area contributed by atoms with Gasteiger partial charge < -0.3 is 9.63 Å². The maximum atomic E-state index is 11.3. The molecule has 1 aromatic rings. The van der Waals surface area contributed by atoms with Crippen LogP contribution in [-0.2, 0) is 27.5 Å². The number of aromatic nitrogens is 2. The van der Waals surface area contributed by atoms with Crippen molar-refractivity contribution in [3.63, 3.8) is 0 Å². The van der Waals surface area contributed by atoms with Crippen molar-refractivity contribution in [2.24, 2.45) is 5.92 Å². The lowest BCUT2D eigenvalue weighted by Gasteiger charge is -2.19. The number of aliphatic carboxylic acids is 1. The maximum Gasteiger partial charge on any atom is 0.311 e. The molecule has 1 N–H and O–H groups in total. The van der Waals surface area contributed by atoms with Gasteiger partial charge in [-0.05, 0) is 18.8 Å². The highest BCUT2D eigenvalue weighted by molar-refractivity contribution is 7.91. The highest BCUT2D eigenvalue weighted by atomic mass is 32.2. The van der Waals surface area contributed by atoms with Gasteiger partial charge in [0.15, 0.2) is 5.82 Å². The number of sulfone groups is 1. The fourth-order valence-electron chi connectivity index (χ4n) is 1.97. The third kappa shape index (κ3) is 3.52. The Morgan fingerprint density at radius 1 is 1.39 bits per heavy atom. The molecule has 2 heterocycles. The van der Waals surface area contributed by atoms with Crippen molar-refractivity contribution in [2.75, 3.05) is 11.5 Å². The fraction of sp³-hybridized carbons (Fsp3) is 0.700. The molecular formula is C10H14N2O5S. The van der Waals surface area contributed by atoms with Gasteiger partial charge in [-0.2, -0.15) is 4.98 Å². The van der Waals surface area contributed by atoms with Crippen molar-refractivity contribution in [2.45, 2.75) is 25.7 Å². The van der Waals surface area contributed by atoms with Crippen LogP contribution in [0.25, 0.3) is 0 Å². The van der Waals surface area contributed by atoms with Gasteiger partial charge in [0.2, 0.25) is 5.89 Å². The van der Waals surface area contributed by atoms with Gasteiger partial charge >= 0.3 is 5.97 Å². The van der Waals surface area contributed by atoms with Crippen molar-refractivity contribution < 1.29 is 22.8 Å². The number of hydrogen-bond acceptors (Lipinski definition) is 6. The first-order valence-corrected chi connectivity index (χ1v) is 7.50. The summed E-state index contributed by atoms with van der Waals surface area (Å²) in [6, 6.07) is 0. The molecule has 0 radical (unpaired) electrons. The molecular weight excluding hydrogens is 260 g/mol. The van der Waals surface area contributed by atoms with E-state index in [1.54, 1.807) is 0 Å². The Labute approximate surface area is 104 Å². The zero-order chi connectivity index (χ0) is 13.2. The van der Waals surface area contributed by atoms with Crippen molar-refractivity contribution >= 4 is 15.8 Å². The molecule has 1 saturated heterocycles. The molecule has 0 spiro atoms. The molecule has 0 bridgehead atoms. The van der Waals surface area contributed by atoms with Gasteiger partial charge in [0, 0.05) is 6.42 Å². The van der Waals surface area contributed by atoms with Crippen LogP contribution in [0.3, 0.4) is 0 Å². The minimum Gasteiger partial charge on any atom is -0.481 e. The van der Waals surface area contributed by atoms with Crippen LogP contribution >= 0.6 is 0 Å².